The lowest BCUT2D eigenvalue weighted by atomic mass is 10.0. The van der Waals surface area contributed by atoms with Crippen molar-refractivity contribution in [3.05, 3.63) is 89.6 Å². The standard InChI is InChI=1S/C22H13ClN4/c23-21-20(16-7-2-1-3-8-16)26-27-22(25-21)19-11-5-10-18(13-19)17-9-4-6-15(12-17)14-24/h1-13H. The van der Waals surface area contributed by atoms with Crippen molar-refractivity contribution < 1.29 is 0 Å². The van der Waals surface area contributed by atoms with Crippen molar-refractivity contribution in [3.63, 3.8) is 0 Å². The first-order valence-corrected chi connectivity index (χ1v) is 8.69. The predicted molar refractivity (Wildman–Crippen MR) is 106 cm³/mol. The third-order valence-corrected chi connectivity index (χ3v) is 4.40. The van der Waals surface area contributed by atoms with Crippen LogP contribution in [-0.4, -0.2) is 15.2 Å². The molecule has 0 N–H and O–H groups in total. The van der Waals surface area contributed by atoms with Crippen molar-refractivity contribution in [3.8, 4) is 39.8 Å². The molecule has 0 amide bonds. The molecule has 128 valence electrons. The monoisotopic (exact) mass is 368 g/mol. The molecule has 0 fully saturated rings. The second kappa shape index (κ2) is 7.36. The minimum absolute atomic E-state index is 0.308. The molecule has 4 aromatic rings. The largest absolute Gasteiger partial charge is 0.212 e. The molecule has 0 bridgehead atoms. The van der Waals surface area contributed by atoms with Crippen LogP contribution in [0.5, 0.6) is 0 Å². The molecular weight excluding hydrogens is 356 g/mol. The Balaban J connectivity index is 1.72. The van der Waals surface area contributed by atoms with Crippen molar-refractivity contribution in [1.29, 1.82) is 5.26 Å². The maximum atomic E-state index is 9.10. The highest BCUT2D eigenvalue weighted by atomic mass is 35.5. The summed E-state index contributed by atoms with van der Waals surface area (Å²) < 4.78 is 0. The van der Waals surface area contributed by atoms with Gasteiger partial charge in [-0.15, -0.1) is 10.2 Å². The van der Waals surface area contributed by atoms with E-state index < -0.39 is 0 Å². The molecule has 0 atom stereocenters. The third-order valence-electron chi connectivity index (χ3n) is 4.14. The molecule has 27 heavy (non-hydrogen) atoms. The Morgan fingerprint density at radius 2 is 1.37 bits per heavy atom. The normalized spacial score (nSPS) is 10.4. The van der Waals surface area contributed by atoms with Gasteiger partial charge >= 0.3 is 0 Å². The minimum atomic E-state index is 0.308. The number of hydrogen-bond donors (Lipinski definition) is 0. The molecular formula is C22H13ClN4. The van der Waals surface area contributed by atoms with Gasteiger partial charge in [0, 0.05) is 11.1 Å². The predicted octanol–water partition coefficient (Wildman–Crippen LogP) is 5.40. The SMILES string of the molecule is N#Cc1cccc(-c2cccc(-c3nnc(-c4ccccc4)c(Cl)n3)c2)c1. The molecule has 0 aliphatic rings. The van der Waals surface area contributed by atoms with E-state index in [0.29, 0.717) is 22.2 Å². The Bertz CT molecular complexity index is 1150. The van der Waals surface area contributed by atoms with Gasteiger partial charge in [-0.2, -0.15) is 5.26 Å². The van der Waals surface area contributed by atoms with E-state index >= 15 is 0 Å². The molecule has 0 aliphatic carbocycles. The Kier molecular flexibility index (Phi) is 4.61. The highest BCUT2D eigenvalue weighted by Crippen LogP contribution is 2.28. The van der Waals surface area contributed by atoms with Crippen LogP contribution in [0.3, 0.4) is 0 Å². The number of halogens is 1. The van der Waals surface area contributed by atoms with E-state index in [-0.39, 0.29) is 0 Å². The summed E-state index contributed by atoms with van der Waals surface area (Å²) in [4.78, 5) is 4.43. The molecule has 0 spiro atoms. The summed E-state index contributed by atoms with van der Waals surface area (Å²) in [5.74, 6) is 0.456. The maximum Gasteiger partial charge on any atom is 0.183 e. The van der Waals surface area contributed by atoms with Crippen LogP contribution < -0.4 is 0 Å². The zero-order chi connectivity index (χ0) is 18.6. The zero-order valence-electron chi connectivity index (χ0n) is 14.2. The number of aromatic nitrogens is 3. The van der Waals surface area contributed by atoms with Gasteiger partial charge in [-0.3, -0.25) is 0 Å². The average molecular weight is 369 g/mol. The average Bonchev–Trinajstić information content (AvgIpc) is 2.74. The summed E-state index contributed by atoms with van der Waals surface area (Å²) in [5, 5.41) is 17.9. The van der Waals surface area contributed by atoms with Gasteiger partial charge in [-0.05, 0) is 29.3 Å². The van der Waals surface area contributed by atoms with Crippen molar-refractivity contribution in [2.45, 2.75) is 0 Å². The molecule has 5 heteroatoms. The molecule has 3 aromatic carbocycles. The molecule has 0 radical (unpaired) electrons. The molecule has 1 aromatic heterocycles. The van der Waals surface area contributed by atoms with E-state index in [1.807, 2.05) is 72.8 Å². The molecule has 4 nitrogen and oxygen atoms in total. The first kappa shape index (κ1) is 16.9. The van der Waals surface area contributed by atoms with Gasteiger partial charge in [0.05, 0.1) is 11.6 Å². The van der Waals surface area contributed by atoms with E-state index in [0.717, 1.165) is 22.3 Å². The Morgan fingerprint density at radius 3 is 2.11 bits per heavy atom. The topological polar surface area (TPSA) is 62.5 Å². The van der Waals surface area contributed by atoms with Gasteiger partial charge < -0.3 is 0 Å². The van der Waals surface area contributed by atoms with Gasteiger partial charge in [-0.25, -0.2) is 4.98 Å². The number of hydrogen-bond acceptors (Lipinski definition) is 4. The van der Waals surface area contributed by atoms with Crippen molar-refractivity contribution >= 4 is 11.6 Å². The second-order valence-corrected chi connectivity index (χ2v) is 6.27. The summed E-state index contributed by atoms with van der Waals surface area (Å²) in [7, 11) is 0. The lowest BCUT2D eigenvalue weighted by Crippen LogP contribution is -1.97. The highest BCUT2D eigenvalue weighted by Gasteiger charge is 2.11. The van der Waals surface area contributed by atoms with Crippen LogP contribution in [0.25, 0.3) is 33.8 Å². The van der Waals surface area contributed by atoms with E-state index in [1.54, 1.807) is 6.07 Å². The zero-order valence-corrected chi connectivity index (χ0v) is 14.9. The fourth-order valence-electron chi connectivity index (χ4n) is 2.81. The van der Waals surface area contributed by atoms with E-state index in [1.165, 1.54) is 0 Å². The van der Waals surface area contributed by atoms with E-state index in [9.17, 15) is 0 Å². The molecule has 1 heterocycles. The summed E-state index contributed by atoms with van der Waals surface area (Å²) in [6.07, 6.45) is 0. The minimum Gasteiger partial charge on any atom is -0.212 e. The van der Waals surface area contributed by atoms with E-state index in [4.69, 9.17) is 16.9 Å². The summed E-state index contributed by atoms with van der Waals surface area (Å²) in [6, 6.07) is 27.0. The van der Waals surface area contributed by atoms with Gasteiger partial charge in [0.15, 0.2) is 11.0 Å². The first-order valence-electron chi connectivity index (χ1n) is 8.31. The molecule has 0 saturated heterocycles. The fourth-order valence-corrected chi connectivity index (χ4v) is 3.04. The smallest absolute Gasteiger partial charge is 0.183 e. The van der Waals surface area contributed by atoms with Gasteiger partial charge in [0.1, 0.15) is 5.69 Å². The number of nitriles is 1. The highest BCUT2D eigenvalue weighted by molar-refractivity contribution is 6.31. The van der Waals surface area contributed by atoms with Crippen molar-refractivity contribution in [1.82, 2.24) is 15.2 Å². The van der Waals surface area contributed by atoms with Crippen LogP contribution in [0, 0.1) is 11.3 Å². The van der Waals surface area contributed by atoms with Crippen molar-refractivity contribution in [2.75, 3.05) is 0 Å². The quantitative estimate of drug-likeness (QED) is 0.486. The maximum absolute atomic E-state index is 9.10. The summed E-state index contributed by atoms with van der Waals surface area (Å²) in [5.41, 5.74) is 4.78. The molecule has 4 rings (SSSR count). The van der Waals surface area contributed by atoms with Crippen LogP contribution in [0.1, 0.15) is 5.56 Å². The lowest BCUT2D eigenvalue weighted by Gasteiger charge is -2.07. The Labute approximate surface area is 161 Å². The van der Waals surface area contributed by atoms with Crippen LogP contribution in [0.15, 0.2) is 78.9 Å². The third kappa shape index (κ3) is 3.55. The van der Waals surface area contributed by atoms with E-state index in [2.05, 4.69) is 21.3 Å². The number of nitrogens with zero attached hydrogens (tertiary/aromatic N) is 4. The fraction of sp³-hybridized carbons (Fsp3) is 0. The van der Waals surface area contributed by atoms with Crippen LogP contribution in [0.2, 0.25) is 5.15 Å². The summed E-state index contributed by atoms with van der Waals surface area (Å²) >= 11 is 6.36. The van der Waals surface area contributed by atoms with Crippen LogP contribution in [-0.2, 0) is 0 Å². The second-order valence-electron chi connectivity index (χ2n) is 5.91. The lowest BCUT2D eigenvalue weighted by molar-refractivity contribution is 0.988. The summed E-state index contributed by atoms with van der Waals surface area (Å²) in [6.45, 7) is 0. The Hall–Kier alpha value is -3.55. The number of rotatable bonds is 3. The van der Waals surface area contributed by atoms with Crippen LogP contribution in [0.4, 0.5) is 0 Å². The number of benzene rings is 3. The first-order chi connectivity index (χ1) is 13.2. The molecule has 0 aliphatic heterocycles. The molecule has 0 unspecified atom stereocenters. The molecule has 0 saturated carbocycles. The van der Waals surface area contributed by atoms with Gasteiger partial charge in [-0.1, -0.05) is 72.3 Å². The van der Waals surface area contributed by atoms with Crippen LogP contribution >= 0.6 is 11.6 Å². The van der Waals surface area contributed by atoms with Gasteiger partial charge in [0.2, 0.25) is 0 Å². The van der Waals surface area contributed by atoms with Gasteiger partial charge in [0.25, 0.3) is 0 Å². The Morgan fingerprint density at radius 1 is 0.704 bits per heavy atom. The van der Waals surface area contributed by atoms with Crippen molar-refractivity contribution in [2.24, 2.45) is 0 Å².